The number of halogens is 2. The van der Waals surface area contributed by atoms with E-state index in [0.29, 0.717) is 16.5 Å². The van der Waals surface area contributed by atoms with Gasteiger partial charge in [-0.25, -0.2) is 4.39 Å². The molecule has 6 heteroatoms. The van der Waals surface area contributed by atoms with Crippen LogP contribution in [-0.2, 0) is 0 Å². The molecule has 1 N–H and O–H groups in total. The average molecular weight is 315 g/mol. The Kier molecular flexibility index (Phi) is 4.08. The quantitative estimate of drug-likeness (QED) is 0.938. The molecule has 2 aromatic rings. The molecule has 4 nitrogen and oxygen atoms in total. The zero-order valence-electron chi connectivity index (χ0n) is 9.73. The minimum atomic E-state index is -0.730. The summed E-state index contributed by atoms with van der Waals surface area (Å²) in [5, 5.41) is 13.5. The van der Waals surface area contributed by atoms with Gasteiger partial charge in [-0.2, -0.15) is 4.98 Å². The van der Waals surface area contributed by atoms with E-state index in [1.165, 1.54) is 12.1 Å². The van der Waals surface area contributed by atoms with E-state index in [0.717, 1.165) is 6.42 Å². The van der Waals surface area contributed by atoms with E-state index in [-0.39, 0.29) is 17.5 Å². The van der Waals surface area contributed by atoms with Gasteiger partial charge >= 0.3 is 0 Å². The lowest BCUT2D eigenvalue weighted by atomic mass is 10.2. The zero-order chi connectivity index (χ0) is 13.1. The normalized spacial score (nSPS) is 12.7. The number of rotatable bonds is 4. The van der Waals surface area contributed by atoms with Gasteiger partial charge in [0.1, 0.15) is 11.9 Å². The van der Waals surface area contributed by atoms with Crippen LogP contribution in [0.25, 0.3) is 11.5 Å². The van der Waals surface area contributed by atoms with Gasteiger partial charge in [0.15, 0.2) is 0 Å². The molecule has 0 spiro atoms. The van der Waals surface area contributed by atoms with Crippen molar-refractivity contribution in [2.75, 3.05) is 0 Å². The summed E-state index contributed by atoms with van der Waals surface area (Å²) in [6.45, 7) is 1.96. The third-order valence-corrected chi connectivity index (χ3v) is 3.12. The molecule has 0 aliphatic heterocycles. The van der Waals surface area contributed by atoms with Crippen molar-refractivity contribution in [2.24, 2.45) is 0 Å². The van der Waals surface area contributed by atoms with Gasteiger partial charge < -0.3 is 9.63 Å². The molecule has 1 atom stereocenters. The molecule has 1 aromatic carbocycles. The first-order valence-corrected chi connectivity index (χ1v) is 6.38. The van der Waals surface area contributed by atoms with Crippen molar-refractivity contribution < 1.29 is 14.0 Å². The van der Waals surface area contributed by atoms with E-state index in [1.54, 1.807) is 6.07 Å². The molecule has 0 aliphatic rings. The molecule has 1 heterocycles. The maximum Gasteiger partial charge on any atom is 0.259 e. The maximum absolute atomic E-state index is 13.0. The Morgan fingerprint density at radius 2 is 2.28 bits per heavy atom. The molecule has 0 aliphatic carbocycles. The smallest absolute Gasteiger partial charge is 0.259 e. The third kappa shape index (κ3) is 2.76. The van der Waals surface area contributed by atoms with E-state index < -0.39 is 6.10 Å². The van der Waals surface area contributed by atoms with Crippen LogP contribution >= 0.6 is 15.9 Å². The van der Waals surface area contributed by atoms with Crippen molar-refractivity contribution in [1.29, 1.82) is 0 Å². The van der Waals surface area contributed by atoms with E-state index in [4.69, 9.17) is 4.52 Å². The number of aliphatic hydroxyl groups excluding tert-OH is 1. The number of aromatic nitrogens is 2. The highest BCUT2D eigenvalue weighted by Crippen LogP contribution is 2.28. The highest BCUT2D eigenvalue weighted by atomic mass is 79.9. The van der Waals surface area contributed by atoms with E-state index in [9.17, 15) is 9.50 Å². The van der Waals surface area contributed by atoms with Crippen molar-refractivity contribution in [3.63, 3.8) is 0 Å². The van der Waals surface area contributed by atoms with Gasteiger partial charge in [-0.3, -0.25) is 0 Å². The minimum absolute atomic E-state index is 0.253. The fraction of sp³-hybridized carbons (Fsp3) is 0.333. The Hall–Kier alpha value is -1.27. The first-order valence-electron chi connectivity index (χ1n) is 5.59. The van der Waals surface area contributed by atoms with Crippen LogP contribution in [0, 0.1) is 5.82 Å². The summed E-state index contributed by atoms with van der Waals surface area (Å²) < 4.78 is 18.6. The molecule has 96 valence electrons. The summed E-state index contributed by atoms with van der Waals surface area (Å²) in [7, 11) is 0. The summed E-state index contributed by atoms with van der Waals surface area (Å²) in [4.78, 5) is 4.11. The number of hydrogen-bond donors (Lipinski definition) is 1. The Morgan fingerprint density at radius 3 is 2.94 bits per heavy atom. The number of hydrogen-bond acceptors (Lipinski definition) is 4. The minimum Gasteiger partial charge on any atom is -0.385 e. The summed E-state index contributed by atoms with van der Waals surface area (Å²) >= 11 is 3.23. The van der Waals surface area contributed by atoms with E-state index >= 15 is 0 Å². The summed E-state index contributed by atoms with van der Waals surface area (Å²) in [5.74, 6) is 0.159. The lowest BCUT2D eigenvalue weighted by molar-refractivity contribution is 0.153. The molecule has 0 saturated heterocycles. The van der Waals surface area contributed by atoms with Gasteiger partial charge in [0.25, 0.3) is 5.89 Å². The number of benzene rings is 1. The molecule has 1 unspecified atom stereocenters. The van der Waals surface area contributed by atoms with Gasteiger partial charge in [-0.05, 0) is 40.5 Å². The monoisotopic (exact) mass is 314 g/mol. The second-order valence-electron chi connectivity index (χ2n) is 3.89. The number of aliphatic hydroxyl groups is 1. The molecule has 0 amide bonds. The largest absolute Gasteiger partial charge is 0.385 e. The van der Waals surface area contributed by atoms with Crippen LogP contribution in [0.2, 0.25) is 0 Å². The Balaban J connectivity index is 2.29. The fourth-order valence-corrected chi connectivity index (χ4v) is 2.07. The van der Waals surface area contributed by atoms with Gasteiger partial charge in [0.2, 0.25) is 5.82 Å². The number of nitrogens with zero attached hydrogens (tertiary/aromatic N) is 2. The van der Waals surface area contributed by atoms with Crippen molar-refractivity contribution in [2.45, 2.75) is 25.9 Å². The highest BCUT2D eigenvalue weighted by molar-refractivity contribution is 9.10. The van der Waals surface area contributed by atoms with Gasteiger partial charge in [0.05, 0.1) is 5.56 Å². The van der Waals surface area contributed by atoms with Crippen LogP contribution in [0.1, 0.15) is 31.7 Å². The molecule has 1 aromatic heterocycles. The topological polar surface area (TPSA) is 59.2 Å². The van der Waals surface area contributed by atoms with E-state index in [1.807, 2.05) is 6.92 Å². The molecule has 0 saturated carbocycles. The van der Waals surface area contributed by atoms with Gasteiger partial charge in [-0.15, -0.1) is 0 Å². The lowest BCUT2D eigenvalue weighted by Gasteiger charge is -2.01. The predicted molar refractivity (Wildman–Crippen MR) is 67.3 cm³/mol. The molecule has 0 bridgehead atoms. The SMILES string of the molecule is CCCC(O)c1noc(-c2ccc(F)cc2Br)n1. The fourth-order valence-electron chi connectivity index (χ4n) is 1.55. The summed E-state index contributed by atoms with van der Waals surface area (Å²) in [6.07, 6.45) is 0.668. The predicted octanol–water partition coefficient (Wildman–Crippen LogP) is 3.47. The molecular formula is C12H12BrFN2O2. The van der Waals surface area contributed by atoms with Crippen molar-refractivity contribution in [3.05, 3.63) is 34.3 Å². The average Bonchev–Trinajstić information content (AvgIpc) is 2.78. The van der Waals surface area contributed by atoms with Gasteiger partial charge in [-0.1, -0.05) is 18.5 Å². The molecule has 0 radical (unpaired) electrons. The van der Waals surface area contributed by atoms with Crippen molar-refractivity contribution in [3.8, 4) is 11.5 Å². The molecular weight excluding hydrogens is 303 g/mol. The molecule has 0 fully saturated rings. The zero-order valence-corrected chi connectivity index (χ0v) is 11.3. The Labute approximate surface area is 112 Å². The molecule has 18 heavy (non-hydrogen) atoms. The highest BCUT2D eigenvalue weighted by Gasteiger charge is 2.17. The van der Waals surface area contributed by atoms with Crippen LogP contribution in [-0.4, -0.2) is 15.2 Å². The maximum atomic E-state index is 13.0. The van der Waals surface area contributed by atoms with Crippen LogP contribution in [0.5, 0.6) is 0 Å². The van der Waals surface area contributed by atoms with Gasteiger partial charge in [0, 0.05) is 4.47 Å². The summed E-state index contributed by atoms with van der Waals surface area (Å²) in [5.41, 5.74) is 0.596. The van der Waals surface area contributed by atoms with E-state index in [2.05, 4.69) is 26.1 Å². The van der Waals surface area contributed by atoms with Crippen LogP contribution in [0.3, 0.4) is 0 Å². The van der Waals surface area contributed by atoms with Crippen LogP contribution in [0.4, 0.5) is 4.39 Å². The Bertz CT molecular complexity index is 545. The summed E-state index contributed by atoms with van der Waals surface area (Å²) in [6, 6.07) is 4.18. The standard InChI is InChI=1S/C12H12BrFN2O2/c1-2-3-10(17)11-15-12(18-16-11)8-5-4-7(14)6-9(8)13/h4-6,10,17H,2-3H2,1H3. The van der Waals surface area contributed by atoms with Crippen molar-refractivity contribution >= 4 is 15.9 Å². The third-order valence-electron chi connectivity index (χ3n) is 2.46. The van der Waals surface area contributed by atoms with Crippen molar-refractivity contribution in [1.82, 2.24) is 10.1 Å². The van der Waals surface area contributed by atoms with Crippen LogP contribution in [0.15, 0.2) is 27.2 Å². The first kappa shape index (κ1) is 13.2. The van der Waals surface area contributed by atoms with Crippen LogP contribution < -0.4 is 0 Å². The first-order chi connectivity index (χ1) is 8.61. The second kappa shape index (κ2) is 5.58. The lowest BCUT2D eigenvalue weighted by Crippen LogP contribution is -1.98. The molecule has 2 rings (SSSR count). The second-order valence-corrected chi connectivity index (χ2v) is 4.74. The Morgan fingerprint density at radius 1 is 1.50 bits per heavy atom.